The number of amides is 4. The molecule has 1 aliphatic rings. The van der Waals surface area contributed by atoms with Crippen molar-refractivity contribution in [3.63, 3.8) is 0 Å². The second-order valence-electron chi connectivity index (χ2n) is 7.56. The Morgan fingerprint density at radius 3 is 1.94 bits per heavy atom. The Morgan fingerprint density at radius 2 is 1.34 bits per heavy atom. The van der Waals surface area contributed by atoms with Crippen LogP contribution in [0.1, 0.15) is 23.4 Å². The van der Waals surface area contributed by atoms with E-state index >= 15 is 0 Å². The van der Waals surface area contributed by atoms with E-state index in [0.29, 0.717) is 48.8 Å². The summed E-state index contributed by atoms with van der Waals surface area (Å²) < 4.78 is 5.16. The molecule has 164 valence electrons. The standard InChI is InChI=1S/C24H24N4O4/c29-22(17-12-14-28(15-13-17)23(30)21-7-4-16-32-21)25-19-8-10-20(11-9-19)27-24(31)26-18-5-2-1-3-6-18/h1-11,16-17H,12-15H2,(H,25,29)(H2,26,27,31). The van der Waals surface area contributed by atoms with Crippen LogP contribution in [0.2, 0.25) is 0 Å². The van der Waals surface area contributed by atoms with E-state index in [0.717, 1.165) is 0 Å². The molecule has 4 amide bonds. The Morgan fingerprint density at radius 1 is 0.750 bits per heavy atom. The molecule has 0 unspecified atom stereocenters. The molecule has 2 heterocycles. The van der Waals surface area contributed by atoms with Crippen LogP contribution in [0.3, 0.4) is 0 Å². The first kappa shape index (κ1) is 21.2. The molecule has 0 bridgehead atoms. The average molecular weight is 432 g/mol. The lowest BCUT2D eigenvalue weighted by molar-refractivity contribution is -0.121. The maximum atomic E-state index is 12.6. The number of hydrogen-bond acceptors (Lipinski definition) is 4. The number of piperidine rings is 1. The van der Waals surface area contributed by atoms with E-state index in [1.807, 2.05) is 18.2 Å². The van der Waals surface area contributed by atoms with E-state index in [2.05, 4.69) is 16.0 Å². The Kier molecular flexibility index (Phi) is 6.50. The molecule has 32 heavy (non-hydrogen) atoms. The van der Waals surface area contributed by atoms with Crippen LogP contribution >= 0.6 is 0 Å². The zero-order valence-electron chi connectivity index (χ0n) is 17.4. The lowest BCUT2D eigenvalue weighted by Gasteiger charge is -2.30. The second kappa shape index (κ2) is 9.82. The van der Waals surface area contributed by atoms with Crippen LogP contribution in [0.5, 0.6) is 0 Å². The number of anilines is 3. The molecule has 1 fully saturated rings. The molecular formula is C24H24N4O4. The highest BCUT2D eigenvalue weighted by molar-refractivity contribution is 6.00. The van der Waals surface area contributed by atoms with Gasteiger partial charge in [-0.25, -0.2) is 4.79 Å². The van der Waals surface area contributed by atoms with Crippen LogP contribution in [0.15, 0.2) is 77.4 Å². The summed E-state index contributed by atoms with van der Waals surface area (Å²) in [5.41, 5.74) is 1.96. The van der Waals surface area contributed by atoms with Crippen LogP contribution in [0.4, 0.5) is 21.9 Å². The molecule has 8 nitrogen and oxygen atoms in total. The van der Waals surface area contributed by atoms with Crippen molar-refractivity contribution in [3.05, 3.63) is 78.8 Å². The van der Waals surface area contributed by atoms with Crippen molar-refractivity contribution in [2.24, 2.45) is 5.92 Å². The van der Waals surface area contributed by atoms with Crippen LogP contribution in [-0.4, -0.2) is 35.8 Å². The van der Waals surface area contributed by atoms with E-state index in [-0.39, 0.29) is 23.8 Å². The van der Waals surface area contributed by atoms with Gasteiger partial charge in [-0.2, -0.15) is 0 Å². The van der Waals surface area contributed by atoms with Crippen molar-refractivity contribution < 1.29 is 18.8 Å². The fraction of sp³-hybridized carbons (Fsp3) is 0.208. The molecule has 0 atom stereocenters. The van der Waals surface area contributed by atoms with E-state index in [1.165, 1.54) is 6.26 Å². The van der Waals surface area contributed by atoms with Gasteiger partial charge in [-0.15, -0.1) is 0 Å². The van der Waals surface area contributed by atoms with Gasteiger partial charge in [0.1, 0.15) is 0 Å². The number of carbonyl (C=O) groups is 3. The monoisotopic (exact) mass is 432 g/mol. The van der Waals surface area contributed by atoms with Crippen molar-refractivity contribution in [1.82, 2.24) is 4.90 Å². The first-order valence-electron chi connectivity index (χ1n) is 10.5. The molecule has 0 radical (unpaired) electrons. The van der Waals surface area contributed by atoms with Crippen molar-refractivity contribution in [3.8, 4) is 0 Å². The number of furan rings is 1. The number of carbonyl (C=O) groups excluding carboxylic acids is 3. The molecule has 1 aromatic heterocycles. The fourth-order valence-corrected chi connectivity index (χ4v) is 3.60. The first-order chi connectivity index (χ1) is 15.6. The summed E-state index contributed by atoms with van der Waals surface area (Å²) >= 11 is 0. The third kappa shape index (κ3) is 5.34. The van der Waals surface area contributed by atoms with Gasteiger partial charge in [0.2, 0.25) is 5.91 Å². The number of nitrogens with zero attached hydrogens (tertiary/aromatic N) is 1. The summed E-state index contributed by atoms with van der Waals surface area (Å²) in [5, 5.41) is 8.41. The zero-order chi connectivity index (χ0) is 22.3. The fourth-order valence-electron chi connectivity index (χ4n) is 3.60. The molecule has 0 spiro atoms. The minimum atomic E-state index is -0.344. The largest absolute Gasteiger partial charge is 0.459 e. The molecule has 0 saturated carbocycles. The smallest absolute Gasteiger partial charge is 0.323 e. The minimum absolute atomic E-state index is 0.0716. The predicted octanol–water partition coefficient (Wildman–Crippen LogP) is 4.41. The van der Waals surface area contributed by atoms with E-state index in [1.54, 1.807) is 53.4 Å². The number of para-hydroxylation sites is 1. The Hall–Kier alpha value is -4.07. The lowest BCUT2D eigenvalue weighted by atomic mass is 9.95. The predicted molar refractivity (Wildman–Crippen MR) is 121 cm³/mol. The van der Waals surface area contributed by atoms with Gasteiger partial charge >= 0.3 is 6.03 Å². The third-order valence-corrected chi connectivity index (χ3v) is 5.33. The Labute approximate surface area is 185 Å². The third-order valence-electron chi connectivity index (χ3n) is 5.33. The van der Waals surface area contributed by atoms with Gasteiger partial charge < -0.3 is 25.3 Å². The SMILES string of the molecule is O=C(Nc1ccccc1)Nc1ccc(NC(=O)C2CCN(C(=O)c3ccco3)CC2)cc1. The van der Waals surface area contributed by atoms with Crippen LogP contribution < -0.4 is 16.0 Å². The molecule has 1 aliphatic heterocycles. The maximum absolute atomic E-state index is 12.6. The molecule has 4 rings (SSSR count). The van der Waals surface area contributed by atoms with E-state index in [4.69, 9.17) is 4.42 Å². The van der Waals surface area contributed by atoms with Crippen LogP contribution in [-0.2, 0) is 4.79 Å². The van der Waals surface area contributed by atoms with Crippen LogP contribution in [0, 0.1) is 5.92 Å². The maximum Gasteiger partial charge on any atom is 0.323 e. The van der Waals surface area contributed by atoms with Gasteiger partial charge in [0.25, 0.3) is 5.91 Å². The minimum Gasteiger partial charge on any atom is -0.459 e. The molecule has 0 aliphatic carbocycles. The number of benzene rings is 2. The summed E-state index contributed by atoms with van der Waals surface area (Å²) in [6.07, 6.45) is 2.67. The molecule has 2 aromatic carbocycles. The van der Waals surface area contributed by atoms with Gasteiger partial charge in [-0.1, -0.05) is 18.2 Å². The number of nitrogens with one attached hydrogen (secondary N) is 3. The van der Waals surface area contributed by atoms with Crippen molar-refractivity contribution >= 4 is 34.9 Å². The van der Waals surface area contributed by atoms with Gasteiger partial charge in [0, 0.05) is 36.1 Å². The molecular weight excluding hydrogens is 408 g/mol. The lowest BCUT2D eigenvalue weighted by Crippen LogP contribution is -2.41. The Balaban J connectivity index is 1.24. The summed E-state index contributed by atoms with van der Waals surface area (Å²) in [7, 11) is 0. The van der Waals surface area contributed by atoms with Gasteiger partial charge in [0.05, 0.1) is 6.26 Å². The van der Waals surface area contributed by atoms with Gasteiger partial charge in [0.15, 0.2) is 5.76 Å². The number of urea groups is 1. The highest BCUT2D eigenvalue weighted by atomic mass is 16.3. The average Bonchev–Trinajstić information content (AvgIpc) is 3.36. The molecule has 3 aromatic rings. The molecule has 8 heteroatoms. The molecule has 1 saturated heterocycles. The second-order valence-corrected chi connectivity index (χ2v) is 7.56. The topological polar surface area (TPSA) is 104 Å². The van der Waals surface area contributed by atoms with Gasteiger partial charge in [-0.05, 0) is 61.4 Å². The normalized spacial score (nSPS) is 13.9. The van der Waals surface area contributed by atoms with Crippen molar-refractivity contribution in [2.75, 3.05) is 29.0 Å². The Bertz CT molecular complexity index is 1060. The van der Waals surface area contributed by atoms with Gasteiger partial charge in [-0.3, -0.25) is 9.59 Å². The summed E-state index contributed by atoms with van der Waals surface area (Å²) in [6, 6.07) is 19.1. The summed E-state index contributed by atoms with van der Waals surface area (Å²) in [5.74, 6) is -0.0602. The first-order valence-corrected chi connectivity index (χ1v) is 10.5. The quantitative estimate of drug-likeness (QED) is 0.555. The summed E-state index contributed by atoms with van der Waals surface area (Å²) in [6.45, 7) is 1.02. The van der Waals surface area contributed by atoms with Crippen molar-refractivity contribution in [1.29, 1.82) is 0 Å². The van der Waals surface area contributed by atoms with Crippen molar-refractivity contribution in [2.45, 2.75) is 12.8 Å². The highest BCUT2D eigenvalue weighted by Gasteiger charge is 2.28. The van der Waals surface area contributed by atoms with Crippen LogP contribution in [0.25, 0.3) is 0 Å². The number of likely N-dealkylation sites (tertiary alicyclic amines) is 1. The number of hydrogen-bond donors (Lipinski definition) is 3. The van der Waals surface area contributed by atoms with E-state index in [9.17, 15) is 14.4 Å². The zero-order valence-corrected chi connectivity index (χ0v) is 17.4. The molecule has 3 N–H and O–H groups in total. The van der Waals surface area contributed by atoms with E-state index < -0.39 is 0 Å². The summed E-state index contributed by atoms with van der Waals surface area (Å²) in [4.78, 5) is 38.7. The highest BCUT2D eigenvalue weighted by Crippen LogP contribution is 2.22. The number of rotatable bonds is 5.